The lowest BCUT2D eigenvalue weighted by molar-refractivity contribution is 0.597. The van der Waals surface area contributed by atoms with Crippen LogP contribution in [-0.4, -0.2) is 42.2 Å². The highest BCUT2D eigenvalue weighted by Gasteiger charge is 2.25. The van der Waals surface area contributed by atoms with Crippen molar-refractivity contribution in [3.05, 3.63) is 53.7 Å². The minimum atomic E-state index is -3.95. The largest absolute Gasteiger partial charge is 0.355 e. The second-order valence-corrected chi connectivity index (χ2v) is 10.4. The third-order valence-electron chi connectivity index (χ3n) is 4.11. The van der Waals surface area contributed by atoms with Crippen LogP contribution in [0.2, 0.25) is 0 Å². The van der Waals surface area contributed by atoms with Gasteiger partial charge >= 0.3 is 0 Å². The molecule has 1 aliphatic rings. The molecule has 7 nitrogen and oxygen atoms in total. The van der Waals surface area contributed by atoms with Gasteiger partial charge in [0, 0.05) is 19.3 Å². The van der Waals surface area contributed by atoms with Crippen molar-refractivity contribution in [1.82, 2.24) is 4.98 Å². The molecular weight excluding hydrogens is 372 g/mol. The standard InChI is InChI=1S/C17H18N4O3S2/c1-14-2-5-16(6-3-14)26(23,24)20-25(22)10-8-21(9-11-25)17-7-4-15(12-18)13-19-17/h2-7,13H,8-11H2,1H3. The Hall–Kier alpha value is -2.44. The Morgan fingerprint density at radius 2 is 1.81 bits per heavy atom. The third-order valence-corrected chi connectivity index (χ3v) is 8.49. The summed E-state index contributed by atoms with van der Waals surface area (Å²) in [7, 11) is -6.79. The highest BCUT2D eigenvalue weighted by Crippen LogP contribution is 2.20. The van der Waals surface area contributed by atoms with Crippen LogP contribution in [0.4, 0.5) is 5.82 Å². The molecule has 2 heterocycles. The topological polar surface area (TPSA) is 103 Å². The summed E-state index contributed by atoms with van der Waals surface area (Å²) in [5.41, 5.74) is 1.41. The summed E-state index contributed by atoms with van der Waals surface area (Å²) >= 11 is 0. The first-order valence-corrected chi connectivity index (χ1v) is 11.3. The average molecular weight is 390 g/mol. The Morgan fingerprint density at radius 3 is 2.35 bits per heavy atom. The summed E-state index contributed by atoms with van der Waals surface area (Å²) in [5, 5.41) is 8.81. The van der Waals surface area contributed by atoms with Gasteiger partial charge in [-0.15, -0.1) is 3.77 Å². The monoisotopic (exact) mass is 390 g/mol. The predicted octanol–water partition coefficient (Wildman–Crippen LogP) is 1.94. The first kappa shape index (κ1) is 18.4. The number of nitriles is 1. The van der Waals surface area contributed by atoms with E-state index in [4.69, 9.17) is 5.26 Å². The minimum absolute atomic E-state index is 0.0574. The first-order valence-electron chi connectivity index (χ1n) is 7.98. The van der Waals surface area contributed by atoms with Gasteiger partial charge in [0.1, 0.15) is 11.9 Å². The first-order chi connectivity index (χ1) is 12.3. The Morgan fingerprint density at radius 1 is 1.15 bits per heavy atom. The van der Waals surface area contributed by atoms with Crippen molar-refractivity contribution in [2.75, 3.05) is 29.5 Å². The van der Waals surface area contributed by atoms with Crippen LogP contribution in [0.1, 0.15) is 11.1 Å². The fourth-order valence-corrected chi connectivity index (χ4v) is 6.66. The molecule has 0 radical (unpaired) electrons. The maximum Gasteiger partial charge on any atom is 0.290 e. The summed E-state index contributed by atoms with van der Waals surface area (Å²) in [5.74, 6) is 0.978. The zero-order valence-electron chi connectivity index (χ0n) is 14.2. The molecule has 0 bridgehead atoms. The highest BCUT2D eigenvalue weighted by atomic mass is 32.3. The average Bonchev–Trinajstić information content (AvgIpc) is 2.62. The molecule has 0 spiro atoms. The molecule has 1 aromatic carbocycles. The molecule has 3 rings (SSSR count). The number of benzene rings is 1. The predicted molar refractivity (Wildman–Crippen MR) is 99.8 cm³/mol. The van der Waals surface area contributed by atoms with Crippen LogP contribution in [0.3, 0.4) is 0 Å². The number of sulfonamides is 1. The van der Waals surface area contributed by atoms with Gasteiger partial charge in [-0.05, 0) is 31.2 Å². The molecule has 1 fully saturated rings. The number of rotatable bonds is 3. The summed E-state index contributed by atoms with van der Waals surface area (Å²) < 4.78 is 41.5. The summed E-state index contributed by atoms with van der Waals surface area (Å²) in [6.07, 6.45) is 1.48. The van der Waals surface area contributed by atoms with E-state index >= 15 is 0 Å². The second kappa shape index (κ2) is 7.05. The normalized spacial score (nSPS) is 16.7. The molecule has 0 unspecified atom stereocenters. The lowest BCUT2D eigenvalue weighted by atomic mass is 10.2. The number of nitrogens with zero attached hydrogens (tertiary/aromatic N) is 4. The quantitative estimate of drug-likeness (QED) is 0.793. The molecule has 1 aromatic heterocycles. The van der Waals surface area contributed by atoms with E-state index in [2.05, 4.69) is 8.75 Å². The van der Waals surface area contributed by atoms with Crippen molar-refractivity contribution in [2.24, 2.45) is 3.77 Å². The van der Waals surface area contributed by atoms with Crippen LogP contribution in [0.5, 0.6) is 0 Å². The van der Waals surface area contributed by atoms with Crippen LogP contribution < -0.4 is 4.90 Å². The van der Waals surface area contributed by atoms with E-state index in [1.165, 1.54) is 18.3 Å². The van der Waals surface area contributed by atoms with Gasteiger partial charge in [0.2, 0.25) is 0 Å². The number of hydrogen-bond donors (Lipinski definition) is 0. The van der Waals surface area contributed by atoms with Crippen molar-refractivity contribution in [3.8, 4) is 6.07 Å². The maximum absolute atomic E-state index is 12.9. The van der Waals surface area contributed by atoms with Gasteiger partial charge in [0.05, 0.1) is 31.7 Å². The maximum atomic E-state index is 12.9. The van der Waals surface area contributed by atoms with Crippen molar-refractivity contribution in [3.63, 3.8) is 0 Å². The number of aryl methyl sites for hydroxylation is 1. The van der Waals surface area contributed by atoms with E-state index in [0.717, 1.165) is 5.56 Å². The van der Waals surface area contributed by atoms with E-state index in [1.807, 2.05) is 17.9 Å². The molecule has 0 aliphatic carbocycles. The van der Waals surface area contributed by atoms with Crippen LogP contribution in [0, 0.1) is 18.3 Å². The van der Waals surface area contributed by atoms with Gasteiger partial charge in [0.25, 0.3) is 10.0 Å². The third kappa shape index (κ3) is 4.03. The minimum Gasteiger partial charge on any atom is -0.355 e. The van der Waals surface area contributed by atoms with E-state index in [9.17, 15) is 12.6 Å². The number of hydrogen-bond acceptors (Lipinski definition) is 6. The van der Waals surface area contributed by atoms with E-state index in [1.54, 1.807) is 24.3 Å². The van der Waals surface area contributed by atoms with Crippen molar-refractivity contribution < 1.29 is 12.6 Å². The van der Waals surface area contributed by atoms with E-state index in [-0.39, 0.29) is 16.4 Å². The fourth-order valence-electron chi connectivity index (χ4n) is 2.59. The smallest absolute Gasteiger partial charge is 0.290 e. The van der Waals surface area contributed by atoms with Gasteiger partial charge in [-0.3, -0.25) is 0 Å². The van der Waals surface area contributed by atoms with E-state index in [0.29, 0.717) is 24.5 Å². The number of aromatic nitrogens is 1. The SMILES string of the molecule is Cc1ccc(S(=O)(=O)N=S2(=O)CCN(c3ccc(C#N)cn3)CC2)cc1. The Kier molecular flexibility index (Phi) is 4.98. The molecule has 0 atom stereocenters. The van der Waals surface area contributed by atoms with Crippen LogP contribution >= 0.6 is 0 Å². The molecule has 136 valence electrons. The molecule has 0 saturated carbocycles. The molecule has 1 saturated heterocycles. The highest BCUT2D eigenvalue weighted by molar-refractivity contribution is 8.03. The summed E-state index contributed by atoms with van der Waals surface area (Å²) in [6.45, 7) is 2.65. The second-order valence-electron chi connectivity index (χ2n) is 6.05. The summed E-state index contributed by atoms with van der Waals surface area (Å²) in [6, 6.07) is 11.7. The Balaban J connectivity index is 1.78. The Labute approximate surface area is 153 Å². The summed E-state index contributed by atoms with van der Waals surface area (Å²) in [4.78, 5) is 6.19. The van der Waals surface area contributed by atoms with Crippen LogP contribution in [-0.2, 0) is 19.8 Å². The molecular formula is C17H18N4O3S2. The van der Waals surface area contributed by atoms with Crippen molar-refractivity contribution in [2.45, 2.75) is 11.8 Å². The Bertz CT molecular complexity index is 1050. The lowest BCUT2D eigenvalue weighted by Crippen LogP contribution is -2.40. The van der Waals surface area contributed by atoms with Crippen LogP contribution in [0.15, 0.2) is 51.3 Å². The molecule has 1 aliphatic heterocycles. The lowest BCUT2D eigenvalue weighted by Gasteiger charge is -2.29. The molecule has 0 amide bonds. The molecule has 26 heavy (non-hydrogen) atoms. The van der Waals surface area contributed by atoms with Crippen molar-refractivity contribution in [1.29, 1.82) is 5.26 Å². The zero-order valence-corrected chi connectivity index (χ0v) is 15.8. The van der Waals surface area contributed by atoms with Gasteiger partial charge in [-0.1, -0.05) is 17.7 Å². The van der Waals surface area contributed by atoms with Gasteiger partial charge in [-0.25, -0.2) is 9.19 Å². The van der Waals surface area contributed by atoms with Crippen LogP contribution in [0.25, 0.3) is 0 Å². The molecule has 2 aromatic rings. The van der Waals surface area contributed by atoms with Crippen molar-refractivity contribution >= 4 is 25.6 Å². The van der Waals surface area contributed by atoms with E-state index < -0.39 is 19.8 Å². The van der Waals surface area contributed by atoms with Gasteiger partial charge in [0.15, 0.2) is 0 Å². The molecule has 9 heteroatoms. The number of anilines is 1. The van der Waals surface area contributed by atoms with Gasteiger partial charge < -0.3 is 4.90 Å². The fraction of sp³-hybridized carbons (Fsp3) is 0.294. The number of pyridine rings is 1. The molecule has 0 N–H and O–H groups in total. The van der Waals surface area contributed by atoms with Gasteiger partial charge in [-0.2, -0.15) is 13.7 Å². The zero-order chi connectivity index (χ0) is 18.8.